The van der Waals surface area contributed by atoms with Crippen LogP contribution in [0.4, 0.5) is 18.9 Å². The molecule has 7 nitrogen and oxygen atoms in total. The zero-order chi connectivity index (χ0) is 20.4. The van der Waals surface area contributed by atoms with Crippen molar-refractivity contribution < 1.29 is 22.4 Å². The molecular formula is C18H12F3N5O2S. The number of amides is 1. The minimum Gasteiger partial charge on any atom is -0.431 e. The number of alkyl halides is 3. The highest BCUT2D eigenvalue weighted by Gasteiger charge is 2.31. The summed E-state index contributed by atoms with van der Waals surface area (Å²) in [5.74, 6) is -0.613. The van der Waals surface area contributed by atoms with E-state index in [1.807, 2.05) is 6.07 Å². The number of nitrogens with zero attached hydrogens (tertiary/aromatic N) is 4. The van der Waals surface area contributed by atoms with Gasteiger partial charge in [-0.3, -0.25) is 4.79 Å². The number of oxazole rings is 1. The molecule has 11 heteroatoms. The number of nitrogens with one attached hydrogen (secondary N) is 1. The van der Waals surface area contributed by atoms with E-state index < -0.39 is 17.6 Å². The van der Waals surface area contributed by atoms with Gasteiger partial charge in [-0.2, -0.15) is 18.3 Å². The van der Waals surface area contributed by atoms with E-state index in [4.69, 9.17) is 4.42 Å². The smallest absolute Gasteiger partial charge is 0.416 e. The Balaban J connectivity index is 1.53. The molecule has 2 heterocycles. The summed E-state index contributed by atoms with van der Waals surface area (Å²) < 4.78 is 46.0. The molecule has 0 aliphatic rings. The lowest BCUT2D eigenvalue weighted by molar-refractivity contribution is -0.137. The number of para-hydroxylation sites is 2. The van der Waals surface area contributed by atoms with Crippen LogP contribution in [0.2, 0.25) is 0 Å². The molecule has 0 saturated heterocycles. The third-order valence-corrected chi connectivity index (χ3v) is 4.69. The Hall–Kier alpha value is -3.34. The molecule has 1 N–H and O–H groups in total. The van der Waals surface area contributed by atoms with Gasteiger partial charge in [-0.15, -0.1) is 0 Å². The van der Waals surface area contributed by atoms with Crippen molar-refractivity contribution in [2.45, 2.75) is 11.4 Å². The SMILES string of the molecule is O=C(CSc1nc2ccccc2o1)Nc1cc(C(F)(F)F)ccc1-n1cncn1. The van der Waals surface area contributed by atoms with Crippen molar-refractivity contribution in [2.24, 2.45) is 0 Å². The molecule has 0 unspecified atom stereocenters. The second-order valence-corrected chi connectivity index (χ2v) is 6.78. The number of hydrogen-bond acceptors (Lipinski definition) is 6. The third kappa shape index (κ3) is 4.24. The van der Waals surface area contributed by atoms with Gasteiger partial charge in [0.2, 0.25) is 5.91 Å². The van der Waals surface area contributed by atoms with Gasteiger partial charge in [0.1, 0.15) is 18.2 Å². The molecular weight excluding hydrogens is 407 g/mol. The summed E-state index contributed by atoms with van der Waals surface area (Å²) in [6, 6.07) is 10.1. The summed E-state index contributed by atoms with van der Waals surface area (Å²) in [4.78, 5) is 20.4. The Bertz CT molecular complexity index is 1120. The molecule has 0 radical (unpaired) electrons. The molecule has 2 aromatic heterocycles. The van der Waals surface area contributed by atoms with Gasteiger partial charge in [-0.1, -0.05) is 23.9 Å². The van der Waals surface area contributed by atoms with Crippen LogP contribution in [0.5, 0.6) is 0 Å². The quantitative estimate of drug-likeness (QED) is 0.489. The molecule has 2 aromatic carbocycles. The number of aromatic nitrogens is 4. The van der Waals surface area contributed by atoms with Crippen LogP contribution in [0.15, 0.2) is 64.8 Å². The van der Waals surface area contributed by atoms with Crippen molar-refractivity contribution in [2.75, 3.05) is 11.1 Å². The number of fused-ring (bicyclic) bond motifs is 1. The first kappa shape index (κ1) is 19.0. The van der Waals surface area contributed by atoms with E-state index >= 15 is 0 Å². The van der Waals surface area contributed by atoms with Crippen molar-refractivity contribution in [1.82, 2.24) is 19.7 Å². The number of hydrogen-bond donors (Lipinski definition) is 1. The van der Waals surface area contributed by atoms with Crippen LogP contribution < -0.4 is 5.32 Å². The molecule has 0 saturated carbocycles. The van der Waals surface area contributed by atoms with E-state index in [-0.39, 0.29) is 17.1 Å². The van der Waals surface area contributed by atoms with Gasteiger partial charge >= 0.3 is 6.18 Å². The lowest BCUT2D eigenvalue weighted by atomic mass is 10.1. The average molecular weight is 419 g/mol. The highest BCUT2D eigenvalue weighted by Crippen LogP contribution is 2.33. The highest BCUT2D eigenvalue weighted by molar-refractivity contribution is 7.99. The predicted molar refractivity (Wildman–Crippen MR) is 99.7 cm³/mol. The fourth-order valence-corrected chi connectivity index (χ4v) is 3.21. The summed E-state index contributed by atoms with van der Waals surface area (Å²) in [6.07, 6.45) is -1.98. The van der Waals surface area contributed by atoms with Crippen molar-refractivity contribution in [3.8, 4) is 5.69 Å². The highest BCUT2D eigenvalue weighted by atomic mass is 32.2. The van der Waals surface area contributed by atoms with Gasteiger partial charge in [-0.25, -0.2) is 14.6 Å². The third-order valence-electron chi connectivity index (χ3n) is 3.86. The normalized spacial score (nSPS) is 11.7. The fourth-order valence-electron chi connectivity index (χ4n) is 2.57. The first-order chi connectivity index (χ1) is 13.9. The van der Waals surface area contributed by atoms with Crippen LogP contribution in [0.3, 0.4) is 0 Å². The zero-order valence-electron chi connectivity index (χ0n) is 14.6. The Kier molecular flexibility index (Phi) is 4.97. The minimum absolute atomic E-state index is 0.0338. The standard InChI is InChI=1S/C18H12F3N5O2S/c19-18(20,21)11-5-6-14(26-10-22-9-23-26)13(7-11)24-16(27)8-29-17-25-12-3-1-2-4-15(12)28-17/h1-7,9-10H,8H2,(H,24,27). The average Bonchev–Trinajstić information content (AvgIpc) is 3.35. The maximum absolute atomic E-state index is 13.1. The van der Waals surface area contributed by atoms with Crippen LogP contribution in [0, 0.1) is 0 Å². The monoisotopic (exact) mass is 419 g/mol. The maximum atomic E-state index is 13.1. The predicted octanol–water partition coefficient (Wildman–Crippen LogP) is 4.16. The van der Waals surface area contributed by atoms with Gasteiger partial charge in [0.05, 0.1) is 22.7 Å². The van der Waals surface area contributed by atoms with Gasteiger partial charge in [-0.05, 0) is 30.3 Å². The van der Waals surface area contributed by atoms with Crippen LogP contribution in [0.1, 0.15) is 5.56 Å². The van der Waals surface area contributed by atoms with Crippen LogP contribution in [0.25, 0.3) is 16.8 Å². The number of anilines is 1. The molecule has 0 fully saturated rings. The van der Waals surface area contributed by atoms with Crippen LogP contribution in [-0.4, -0.2) is 31.4 Å². The second kappa shape index (κ2) is 7.59. The van der Waals surface area contributed by atoms with Crippen molar-refractivity contribution in [1.29, 1.82) is 0 Å². The summed E-state index contributed by atoms with van der Waals surface area (Å²) in [5, 5.41) is 6.70. The summed E-state index contributed by atoms with van der Waals surface area (Å²) >= 11 is 1.04. The molecule has 0 atom stereocenters. The molecule has 1 amide bonds. The number of benzene rings is 2. The lowest BCUT2D eigenvalue weighted by Crippen LogP contribution is -2.17. The number of halogens is 3. The molecule has 0 aliphatic heterocycles. The van der Waals surface area contributed by atoms with Gasteiger partial charge in [0, 0.05) is 0 Å². The van der Waals surface area contributed by atoms with Crippen LogP contribution >= 0.6 is 11.8 Å². The van der Waals surface area contributed by atoms with Crippen molar-refractivity contribution >= 4 is 34.5 Å². The summed E-state index contributed by atoms with van der Waals surface area (Å²) in [5.41, 5.74) is 0.580. The fraction of sp³-hybridized carbons (Fsp3) is 0.111. The van der Waals surface area contributed by atoms with Crippen molar-refractivity contribution in [3.63, 3.8) is 0 Å². The van der Waals surface area contributed by atoms with E-state index in [2.05, 4.69) is 20.4 Å². The zero-order valence-corrected chi connectivity index (χ0v) is 15.4. The first-order valence-corrected chi connectivity index (χ1v) is 9.23. The Morgan fingerprint density at radius 2 is 2.03 bits per heavy atom. The minimum atomic E-state index is -4.55. The van der Waals surface area contributed by atoms with E-state index in [1.165, 1.54) is 23.4 Å². The molecule has 0 spiro atoms. The van der Waals surface area contributed by atoms with Crippen molar-refractivity contribution in [3.05, 3.63) is 60.7 Å². The largest absolute Gasteiger partial charge is 0.431 e. The number of carbonyl (C=O) groups is 1. The van der Waals surface area contributed by atoms with E-state index in [0.717, 1.165) is 23.9 Å². The van der Waals surface area contributed by atoms with Crippen LogP contribution in [-0.2, 0) is 11.0 Å². The van der Waals surface area contributed by atoms with Gasteiger partial charge in [0.25, 0.3) is 5.22 Å². The first-order valence-electron chi connectivity index (χ1n) is 8.24. The van der Waals surface area contributed by atoms with Gasteiger partial charge < -0.3 is 9.73 Å². The van der Waals surface area contributed by atoms with E-state index in [9.17, 15) is 18.0 Å². The Morgan fingerprint density at radius 3 is 2.76 bits per heavy atom. The number of thioether (sulfide) groups is 1. The molecule has 0 bridgehead atoms. The Labute approximate surface area is 165 Å². The van der Waals surface area contributed by atoms with E-state index in [1.54, 1.807) is 18.2 Å². The molecule has 148 valence electrons. The molecule has 4 rings (SSSR count). The van der Waals surface area contributed by atoms with Gasteiger partial charge in [0.15, 0.2) is 5.58 Å². The maximum Gasteiger partial charge on any atom is 0.416 e. The molecule has 0 aliphatic carbocycles. The number of rotatable bonds is 5. The molecule has 29 heavy (non-hydrogen) atoms. The number of carbonyl (C=O) groups excluding carboxylic acids is 1. The molecule has 4 aromatic rings. The second-order valence-electron chi connectivity index (χ2n) is 5.85. The van der Waals surface area contributed by atoms with E-state index in [0.29, 0.717) is 16.3 Å². The Morgan fingerprint density at radius 1 is 1.21 bits per heavy atom. The summed E-state index contributed by atoms with van der Waals surface area (Å²) in [6.45, 7) is 0. The lowest BCUT2D eigenvalue weighted by Gasteiger charge is -2.14. The topological polar surface area (TPSA) is 85.8 Å². The summed E-state index contributed by atoms with van der Waals surface area (Å²) in [7, 11) is 0.